The third kappa shape index (κ3) is 5.14. The monoisotopic (exact) mass is 453 g/mol. The molecule has 1 aromatic carbocycles. The van der Waals surface area contributed by atoms with Crippen molar-refractivity contribution in [3.8, 4) is 0 Å². The summed E-state index contributed by atoms with van der Waals surface area (Å²) >= 11 is 8.04. The number of halogens is 1. The van der Waals surface area contributed by atoms with Crippen LogP contribution < -0.4 is 10.2 Å². The molecule has 2 amide bonds. The van der Waals surface area contributed by atoms with E-state index >= 15 is 0 Å². The van der Waals surface area contributed by atoms with Crippen molar-refractivity contribution in [2.45, 2.75) is 44.2 Å². The first-order valence-electron chi connectivity index (χ1n) is 10.4. The normalized spacial score (nSPS) is 14.9. The molecule has 31 heavy (non-hydrogen) atoms. The van der Waals surface area contributed by atoms with E-state index < -0.39 is 6.04 Å². The lowest BCUT2D eigenvalue weighted by Gasteiger charge is -2.32. The first-order valence-corrected chi connectivity index (χ1v) is 11.7. The molecule has 7 heteroatoms. The predicted octanol–water partition coefficient (Wildman–Crippen LogP) is 5.17. The molecule has 0 aliphatic heterocycles. The molecule has 4 rings (SSSR count). The standard InChI is InChI=1S/C24H24ClN3O2S/c25-20-9-3-4-10-21(20)28(22(29)16-19-8-5-15-31-19)23(17-11-13-26-14-12-17)24(30)27-18-6-1-2-7-18/h3-5,8-15,18,23H,1-2,6-7,16H2,(H,27,30). The first kappa shape index (κ1) is 21.5. The highest BCUT2D eigenvalue weighted by Gasteiger charge is 2.35. The second-order valence-corrected chi connectivity index (χ2v) is 9.08. The van der Waals surface area contributed by atoms with Gasteiger partial charge in [-0.2, -0.15) is 0 Å². The number of benzene rings is 1. The van der Waals surface area contributed by atoms with Crippen LogP contribution >= 0.6 is 22.9 Å². The summed E-state index contributed by atoms with van der Waals surface area (Å²) in [5, 5.41) is 5.53. The number of amides is 2. The van der Waals surface area contributed by atoms with E-state index in [1.807, 2.05) is 29.6 Å². The number of thiophene rings is 1. The highest BCUT2D eigenvalue weighted by Crippen LogP contribution is 2.34. The van der Waals surface area contributed by atoms with Gasteiger partial charge < -0.3 is 5.32 Å². The summed E-state index contributed by atoms with van der Waals surface area (Å²) in [6, 6.07) is 13.9. The summed E-state index contributed by atoms with van der Waals surface area (Å²) in [4.78, 5) is 33.7. The highest BCUT2D eigenvalue weighted by molar-refractivity contribution is 7.10. The number of carbonyl (C=O) groups excluding carboxylic acids is 2. The molecule has 1 saturated carbocycles. The molecule has 1 unspecified atom stereocenters. The zero-order valence-electron chi connectivity index (χ0n) is 17.0. The van der Waals surface area contributed by atoms with Gasteiger partial charge in [-0.3, -0.25) is 19.5 Å². The fourth-order valence-electron chi connectivity index (χ4n) is 4.03. The maximum absolute atomic E-state index is 13.6. The molecule has 2 aromatic heterocycles. The Balaban J connectivity index is 1.75. The van der Waals surface area contributed by atoms with Gasteiger partial charge in [-0.15, -0.1) is 11.3 Å². The van der Waals surface area contributed by atoms with E-state index in [9.17, 15) is 9.59 Å². The van der Waals surface area contributed by atoms with Crippen LogP contribution in [0.2, 0.25) is 5.02 Å². The largest absolute Gasteiger partial charge is 0.351 e. The first-order chi connectivity index (χ1) is 15.1. The Morgan fingerprint density at radius 1 is 1.10 bits per heavy atom. The lowest BCUT2D eigenvalue weighted by molar-refractivity contribution is -0.127. The van der Waals surface area contributed by atoms with Crippen LogP contribution in [0.1, 0.15) is 42.2 Å². The smallest absolute Gasteiger partial charge is 0.248 e. The van der Waals surface area contributed by atoms with Crippen molar-refractivity contribution in [2.24, 2.45) is 0 Å². The molecule has 1 N–H and O–H groups in total. The molecule has 1 aliphatic carbocycles. The zero-order valence-corrected chi connectivity index (χ0v) is 18.6. The second-order valence-electron chi connectivity index (χ2n) is 7.64. The number of hydrogen-bond donors (Lipinski definition) is 1. The lowest BCUT2D eigenvalue weighted by Crippen LogP contribution is -2.47. The van der Waals surface area contributed by atoms with Crippen molar-refractivity contribution in [2.75, 3.05) is 4.90 Å². The fraction of sp³-hybridized carbons (Fsp3) is 0.292. The van der Waals surface area contributed by atoms with E-state index in [0.29, 0.717) is 16.3 Å². The maximum atomic E-state index is 13.6. The Kier molecular flexibility index (Phi) is 6.99. The third-order valence-corrected chi connectivity index (χ3v) is 6.71. The number of anilines is 1. The van der Waals surface area contributed by atoms with Crippen LogP contribution in [0.4, 0.5) is 5.69 Å². The van der Waals surface area contributed by atoms with Gasteiger partial charge in [0.05, 0.1) is 17.1 Å². The Labute approximate surface area is 191 Å². The van der Waals surface area contributed by atoms with Crippen molar-refractivity contribution < 1.29 is 9.59 Å². The summed E-state index contributed by atoms with van der Waals surface area (Å²) in [6.45, 7) is 0. The summed E-state index contributed by atoms with van der Waals surface area (Å²) in [7, 11) is 0. The molecular formula is C24H24ClN3O2S. The fourth-order valence-corrected chi connectivity index (χ4v) is 4.95. The number of nitrogens with zero attached hydrogens (tertiary/aromatic N) is 2. The van der Waals surface area contributed by atoms with Crippen LogP contribution in [0.15, 0.2) is 66.3 Å². The van der Waals surface area contributed by atoms with Gasteiger partial charge in [-0.25, -0.2) is 0 Å². The minimum absolute atomic E-state index is 0.136. The minimum atomic E-state index is -0.837. The minimum Gasteiger partial charge on any atom is -0.351 e. The molecule has 1 fully saturated rings. The predicted molar refractivity (Wildman–Crippen MR) is 124 cm³/mol. The SMILES string of the molecule is O=C(NC1CCCC1)C(c1ccncc1)N(C(=O)Cc1cccs1)c1ccccc1Cl. The van der Waals surface area contributed by atoms with E-state index in [2.05, 4.69) is 10.3 Å². The Morgan fingerprint density at radius 2 is 1.84 bits per heavy atom. The van der Waals surface area contributed by atoms with Crippen molar-refractivity contribution in [3.05, 3.63) is 81.8 Å². The molecular weight excluding hydrogens is 430 g/mol. The Hall–Kier alpha value is -2.70. The van der Waals surface area contributed by atoms with E-state index in [4.69, 9.17) is 11.6 Å². The van der Waals surface area contributed by atoms with Crippen molar-refractivity contribution >= 4 is 40.4 Å². The zero-order chi connectivity index (χ0) is 21.6. The summed E-state index contributed by atoms with van der Waals surface area (Å²) in [6.07, 6.45) is 7.61. The van der Waals surface area contributed by atoms with Crippen LogP contribution in [0.25, 0.3) is 0 Å². The molecule has 1 atom stereocenters. The van der Waals surface area contributed by atoms with Gasteiger partial charge in [0.1, 0.15) is 6.04 Å². The summed E-state index contributed by atoms with van der Waals surface area (Å²) < 4.78 is 0. The Bertz CT molecular complexity index is 1020. The lowest BCUT2D eigenvalue weighted by atomic mass is 10.0. The van der Waals surface area contributed by atoms with Crippen LogP contribution in [0.5, 0.6) is 0 Å². The average molecular weight is 454 g/mol. The van der Waals surface area contributed by atoms with Gasteiger partial charge in [-0.05, 0) is 54.1 Å². The van der Waals surface area contributed by atoms with Gasteiger partial charge in [0.25, 0.3) is 0 Å². The number of rotatable bonds is 7. The Morgan fingerprint density at radius 3 is 2.52 bits per heavy atom. The molecule has 5 nitrogen and oxygen atoms in total. The number of hydrogen-bond acceptors (Lipinski definition) is 4. The van der Waals surface area contributed by atoms with E-state index in [-0.39, 0.29) is 24.3 Å². The van der Waals surface area contributed by atoms with Crippen LogP contribution in [-0.4, -0.2) is 22.8 Å². The molecule has 0 radical (unpaired) electrons. The molecule has 1 aliphatic rings. The van der Waals surface area contributed by atoms with Crippen LogP contribution in [-0.2, 0) is 16.0 Å². The van der Waals surface area contributed by atoms with Crippen LogP contribution in [0, 0.1) is 0 Å². The molecule has 3 aromatic rings. The summed E-state index contributed by atoms with van der Waals surface area (Å²) in [5.74, 6) is -0.378. The molecule has 0 spiro atoms. The number of carbonyl (C=O) groups is 2. The summed E-state index contributed by atoms with van der Waals surface area (Å²) in [5.41, 5.74) is 1.22. The average Bonchev–Trinajstić information content (AvgIpc) is 3.47. The molecule has 2 heterocycles. The van der Waals surface area contributed by atoms with Gasteiger partial charge in [0, 0.05) is 23.3 Å². The molecule has 160 valence electrons. The number of para-hydroxylation sites is 1. The molecule has 0 saturated heterocycles. The van der Waals surface area contributed by atoms with Gasteiger partial charge in [0.15, 0.2) is 0 Å². The van der Waals surface area contributed by atoms with Gasteiger partial charge >= 0.3 is 0 Å². The third-order valence-electron chi connectivity index (χ3n) is 5.52. The van der Waals surface area contributed by atoms with Crippen molar-refractivity contribution in [3.63, 3.8) is 0 Å². The van der Waals surface area contributed by atoms with Crippen LogP contribution in [0.3, 0.4) is 0 Å². The molecule has 0 bridgehead atoms. The van der Waals surface area contributed by atoms with Gasteiger partial charge in [0.2, 0.25) is 11.8 Å². The second kappa shape index (κ2) is 10.1. The number of pyridine rings is 1. The van der Waals surface area contributed by atoms with Crippen molar-refractivity contribution in [1.82, 2.24) is 10.3 Å². The van der Waals surface area contributed by atoms with E-state index in [1.54, 1.807) is 41.6 Å². The number of nitrogens with one attached hydrogen (secondary N) is 1. The number of aromatic nitrogens is 1. The highest BCUT2D eigenvalue weighted by atomic mass is 35.5. The van der Waals surface area contributed by atoms with E-state index in [1.165, 1.54) is 11.3 Å². The van der Waals surface area contributed by atoms with E-state index in [0.717, 1.165) is 30.6 Å². The topological polar surface area (TPSA) is 62.3 Å². The quantitative estimate of drug-likeness (QED) is 0.536. The maximum Gasteiger partial charge on any atom is 0.248 e. The van der Waals surface area contributed by atoms with Gasteiger partial charge in [-0.1, -0.05) is 42.6 Å². The van der Waals surface area contributed by atoms with Crippen molar-refractivity contribution in [1.29, 1.82) is 0 Å².